The zero-order valence-electron chi connectivity index (χ0n) is 6.26. The van der Waals surface area contributed by atoms with Gasteiger partial charge in [0.25, 0.3) is 5.56 Å². The summed E-state index contributed by atoms with van der Waals surface area (Å²) in [5, 5.41) is 13.8. The second-order valence-corrected chi connectivity index (χ2v) is 2.98. The molecule has 1 heterocycles. The first-order chi connectivity index (χ1) is 5.68. The lowest BCUT2D eigenvalue weighted by Crippen LogP contribution is -2.16. The highest BCUT2D eigenvalue weighted by Gasteiger charge is 2.30. The molecule has 1 aromatic rings. The monoisotopic (exact) mass is 168 g/mol. The Balaban J connectivity index is 2.34. The van der Waals surface area contributed by atoms with Crippen molar-refractivity contribution in [3.8, 4) is 0 Å². The molecule has 5 heteroatoms. The van der Waals surface area contributed by atoms with E-state index in [1.54, 1.807) is 0 Å². The summed E-state index contributed by atoms with van der Waals surface area (Å²) in [5.74, 6) is -1.26. The fraction of sp³-hybridized carbons (Fsp3) is 0.429. The fourth-order valence-electron chi connectivity index (χ4n) is 1.55. The number of carboxylic acid groups (broad SMARTS) is 1. The van der Waals surface area contributed by atoms with Gasteiger partial charge in [-0.05, 0) is 6.42 Å². The maximum atomic E-state index is 11.0. The van der Waals surface area contributed by atoms with Gasteiger partial charge in [0.2, 0.25) is 0 Å². The molecule has 1 aliphatic carbocycles. The Bertz CT molecular complexity index is 376. The SMILES string of the molecule is O=C(O)C1Cc2[nH][nH]c(=O)c2C1. The Kier molecular flexibility index (Phi) is 1.33. The van der Waals surface area contributed by atoms with Gasteiger partial charge in [0.1, 0.15) is 0 Å². The van der Waals surface area contributed by atoms with E-state index in [1.165, 1.54) is 0 Å². The summed E-state index contributed by atoms with van der Waals surface area (Å²) >= 11 is 0. The van der Waals surface area contributed by atoms with E-state index in [0.717, 1.165) is 5.69 Å². The average Bonchev–Trinajstić information content (AvgIpc) is 2.53. The van der Waals surface area contributed by atoms with Gasteiger partial charge in [-0.15, -0.1) is 0 Å². The summed E-state index contributed by atoms with van der Waals surface area (Å²) in [6.45, 7) is 0. The van der Waals surface area contributed by atoms with Crippen molar-refractivity contribution in [1.82, 2.24) is 10.2 Å². The number of aliphatic carboxylic acids is 1. The normalized spacial score (nSPS) is 20.8. The van der Waals surface area contributed by atoms with Crippen LogP contribution in [0.15, 0.2) is 4.79 Å². The molecule has 0 saturated carbocycles. The van der Waals surface area contributed by atoms with E-state index in [4.69, 9.17) is 5.11 Å². The smallest absolute Gasteiger partial charge is 0.307 e. The van der Waals surface area contributed by atoms with E-state index in [2.05, 4.69) is 10.2 Å². The summed E-state index contributed by atoms with van der Waals surface area (Å²) in [6.07, 6.45) is 0.785. The molecule has 3 N–H and O–H groups in total. The van der Waals surface area contributed by atoms with Crippen molar-refractivity contribution < 1.29 is 9.90 Å². The number of fused-ring (bicyclic) bond motifs is 1. The molecule has 0 fully saturated rings. The van der Waals surface area contributed by atoms with Crippen LogP contribution in [0.25, 0.3) is 0 Å². The van der Waals surface area contributed by atoms with Crippen LogP contribution in [0.1, 0.15) is 11.3 Å². The van der Waals surface area contributed by atoms with Gasteiger partial charge in [-0.25, -0.2) is 0 Å². The van der Waals surface area contributed by atoms with Gasteiger partial charge in [-0.3, -0.25) is 14.7 Å². The van der Waals surface area contributed by atoms with Crippen LogP contribution in [0.2, 0.25) is 0 Å². The van der Waals surface area contributed by atoms with Gasteiger partial charge in [0, 0.05) is 17.7 Å². The van der Waals surface area contributed by atoms with E-state index >= 15 is 0 Å². The molecule has 1 aromatic heterocycles. The number of carbonyl (C=O) groups is 1. The van der Waals surface area contributed by atoms with Crippen molar-refractivity contribution in [3.05, 3.63) is 21.6 Å². The molecule has 2 rings (SSSR count). The first kappa shape index (κ1) is 7.15. The molecule has 0 bridgehead atoms. The van der Waals surface area contributed by atoms with Crippen LogP contribution in [0, 0.1) is 5.92 Å². The molecule has 0 aliphatic heterocycles. The highest BCUT2D eigenvalue weighted by molar-refractivity contribution is 5.71. The quantitative estimate of drug-likeness (QED) is 0.528. The van der Waals surface area contributed by atoms with Crippen molar-refractivity contribution >= 4 is 5.97 Å². The first-order valence-corrected chi connectivity index (χ1v) is 3.69. The Labute approximate surface area is 67.4 Å². The minimum Gasteiger partial charge on any atom is -0.481 e. The summed E-state index contributed by atoms with van der Waals surface area (Å²) in [4.78, 5) is 21.6. The lowest BCUT2D eigenvalue weighted by molar-refractivity contribution is -0.141. The second kappa shape index (κ2) is 2.23. The minimum absolute atomic E-state index is 0.186. The molecule has 0 aromatic carbocycles. The third kappa shape index (κ3) is 0.861. The second-order valence-electron chi connectivity index (χ2n) is 2.98. The van der Waals surface area contributed by atoms with Crippen molar-refractivity contribution in [1.29, 1.82) is 0 Å². The van der Waals surface area contributed by atoms with Crippen LogP contribution >= 0.6 is 0 Å². The number of carboxylic acids is 1. The van der Waals surface area contributed by atoms with Gasteiger partial charge in [-0.1, -0.05) is 0 Å². The summed E-state index contributed by atoms with van der Waals surface area (Å²) in [5.41, 5.74) is 1.16. The number of nitrogens with one attached hydrogen (secondary N) is 2. The molecule has 0 amide bonds. The fourth-order valence-corrected chi connectivity index (χ4v) is 1.55. The number of hydrogen-bond donors (Lipinski definition) is 3. The van der Waals surface area contributed by atoms with Crippen LogP contribution in [0.3, 0.4) is 0 Å². The van der Waals surface area contributed by atoms with Crippen LogP contribution in [0.4, 0.5) is 0 Å². The summed E-state index contributed by atoms with van der Waals surface area (Å²) in [6, 6.07) is 0. The molecule has 1 atom stereocenters. The van der Waals surface area contributed by atoms with E-state index in [-0.39, 0.29) is 5.56 Å². The zero-order chi connectivity index (χ0) is 8.72. The number of aromatic amines is 2. The molecule has 0 saturated heterocycles. The summed E-state index contributed by atoms with van der Waals surface area (Å²) in [7, 11) is 0. The molecule has 5 nitrogen and oxygen atoms in total. The molecule has 0 spiro atoms. The van der Waals surface area contributed by atoms with E-state index in [0.29, 0.717) is 18.4 Å². The molecular formula is C7H8N2O3. The van der Waals surface area contributed by atoms with Crippen LogP contribution < -0.4 is 5.56 Å². The van der Waals surface area contributed by atoms with Crippen molar-refractivity contribution in [2.24, 2.45) is 5.92 Å². The van der Waals surface area contributed by atoms with Gasteiger partial charge < -0.3 is 10.2 Å². The standard InChI is InChI=1S/C7H8N2O3/c10-6-4-1-3(7(11)12)2-5(4)8-9-6/h3H,1-2H2,(H,11,12)(H2,8,9,10). The van der Waals surface area contributed by atoms with E-state index in [9.17, 15) is 9.59 Å². The highest BCUT2D eigenvalue weighted by Crippen LogP contribution is 2.21. The predicted molar refractivity (Wildman–Crippen MR) is 39.9 cm³/mol. The summed E-state index contributed by atoms with van der Waals surface area (Å²) < 4.78 is 0. The van der Waals surface area contributed by atoms with Crippen LogP contribution in [-0.4, -0.2) is 21.3 Å². The number of rotatable bonds is 1. The average molecular weight is 168 g/mol. The largest absolute Gasteiger partial charge is 0.481 e. The number of aromatic nitrogens is 2. The Morgan fingerprint density at radius 3 is 2.75 bits per heavy atom. The lowest BCUT2D eigenvalue weighted by atomic mass is 10.1. The third-order valence-electron chi connectivity index (χ3n) is 2.22. The first-order valence-electron chi connectivity index (χ1n) is 3.69. The number of H-pyrrole nitrogens is 2. The van der Waals surface area contributed by atoms with Gasteiger partial charge in [0.05, 0.1) is 5.92 Å². The molecule has 64 valence electrons. The number of hydrogen-bond acceptors (Lipinski definition) is 2. The predicted octanol–water partition coefficient (Wildman–Crippen LogP) is -0.498. The molecule has 1 unspecified atom stereocenters. The van der Waals surface area contributed by atoms with E-state index in [1.807, 2.05) is 0 Å². The topological polar surface area (TPSA) is 85.9 Å². The third-order valence-corrected chi connectivity index (χ3v) is 2.22. The Morgan fingerprint density at radius 2 is 2.17 bits per heavy atom. The molecular weight excluding hydrogens is 160 g/mol. The highest BCUT2D eigenvalue weighted by atomic mass is 16.4. The van der Waals surface area contributed by atoms with Crippen LogP contribution in [-0.2, 0) is 17.6 Å². The van der Waals surface area contributed by atoms with Crippen molar-refractivity contribution in [2.45, 2.75) is 12.8 Å². The van der Waals surface area contributed by atoms with Gasteiger partial charge in [-0.2, -0.15) is 0 Å². The molecule has 12 heavy (non-hydrogen) atoms. The van der Waals surface area contributed by atoms with Crippen molar-refractivity contribution in [3.63, 3.8) is 0 Å². The minimum atomic E-state index is -0.834. The Hall–Kier alpha value is -1.52. The Morgan fingerprint density at radius 1 is 1.42 bits per heavy atom. The maximum absolute atomic E-state index is 11.0. The maximum Gasteiger partial charge on any atom is 0.307 e. The molecule has 0 radical (unpaired) electrons. The van der Waals surface area contributed by atoms with Gasteiger partial charge >= 0.3 is 5.97 Å². The molecule has 1 aliphatic rings. The lowest BCUT2D eigenvalue weighted by Gasteiger charge is -1.99. The van der Waals surface area contributed by atoms with Gasteiger partial charge in [0.15, 0.2) is 0 Å². The zero-order valence-corrected chi connectivity index (χ0v) is 6.26. The van der Waals surface area contributed by atoms with E-state index < -0.39 is 11.9 Å². The van der Waals surface area contributed by atoms with Crippen LogP contribution in [0.5, 0.6) is 0 Å². The van der Waals surface area contributed by atoms with Crippen molar-refractivity contribution in [2.75, 3.05) is 0 Å².